The molecule has 3 nitrogen and oxygen atoms in total. The highest BCUT2D eigenvalue weighted by Crippen LogP contribution is 2.34. The van der Waals surface area contributed by atoms with Gasteiger partial charge in [-0.3, -0.25) is 4.79 Å². The normalized spacial score (nSPS) is 13.8. The van der Waals surface area contributed by atoms with Crippen molar-refractivity contribution in [2.45, 2.75) is 13.5 Å². The van der Waals surface area contributed by atoms with Gasteiger partial charge in [-0.15, -0.1) is 0 Å². The van der Waals surface area contributed by atoms with Gasteiger partial charge in [0.15, 0.2) is 0 Å². The van der Waals surface area contributed by atoms with Gasteiger partial charge < -0.3 is 10.0 Å². The lowest BCUT2D eigenvalue weighted by atomic mass is 10.1. The van der Waals surface area contributed by atoms with Gasteiger partial charge in [0, 0.05) is 21.3 Å². The van der Waals surface area contributed by atoms with Crippen molar-refractivity contribution in [1.82, 2.24) is 0 Å². The molecule has 2 aromatic carbocycles. The molecule has 0 fully saturated rings. The van der Waals surface area contributed by atoms with Crippen LogP contribution in [0.4, 0.5) is 5.69 Å². The van der Waals surface area contributed by atoms with Crippen molar-refractivity contribution < 1.29 is 9.90 Å². The number of benzene rings is 2. The topological polar surface area (TPSA) is 40.5 Å². The molecule has 3 rings (SSSR count). The number of halogens is 1. The van der Waals surface area contributed by atoms with E-state index in [-0.39, 0.29) is 11.7 Å². The second-order valence-corrected chi connectivity index (χ2v) is 5.48. The molecule has 1 amide bonds. The van der Waals surface area contributed by atoms with Gasteiger partial charge in [-0.1, -0.05) is 22.0 Å². The number of nitrogens with zero attached hydrogens (tertiary/aromatic N) is 1. The van der Waals surface area contributed by atoms with E-state index >= 15 is 0 Å². The summed E-state index contributed by atoms with van der Waals surface area (Å²) in [6.07, 6.45) is 0. The summed E-state index contributed by atoms with van der Waals surface area (Å²) in [7, 11) is 0. The van der Waals surface area contributed by atoms with Crippen LogP contribution in [0.25, 0.3) is 0 Å². The first-order chi connectivity index (χ1) is 9.08. The zero-order valence-electron chi connectivity index (χ0n) is 10.4. The van der Waals surface area contributed by atoms with Gasteiger partial charge in [0.2, 0.25) is 0 Å². The minimum Gasteiger partial charge on any atom is -0.508 e. The standard InChI is InChI=1S/C15H12BrNO2/c1-9-7-10(5-6-13(9)16)17-8-12-11(15(17)19)3-2-4-14(12)18/h2-7,18H,8H2,1H3. The zero-order valence-corrected chi connectivity index (χ0v) is 11.9. The maximum Gasteiger partial charge on any atom is 0.259 e. The van der Waals surface area contributed by atoms with Crippen molar-refractivity contribution in [3.8, 4) is 5.75 Å². The third kappa shape index (κ3) is 1.92. The molecule has 1 aliphatic heterocycles. The second kappa shape index (κ2) is 4.38. The number of carbonyl (C=O) groups excluding carboxylic acids is 1. The Morgan fingerprint density at radius 3 is 2.74 bits per heavy atom. The third-order valence-corrected chi connectivity index (χ3v) is 4.29. The number of hydrogen-bond donors (Lipinski definition) is 1. The fraction of sp³-hybridized carbons (Fsp3) is 0.133. The first-order valence-electron chi connectivity index (χ1n) is 5.97. The third-order valence-electron chi connectivity index (χ3n) is 3.40. The van der Waals surface area contributed by atoms with Crippen LogP contribution in [0.3, 0.4) is 0 Å². The van der Waals surface area contributed by atoms with Crippen LogP contribution >= 0.6 is 15.9 Å². The average molecular weight is 318 g/mol. The lowest BCUT2D eigenvalue weighted by molar-refractivity contribution is 0.0996. The molecule has 0 atom stereocenters. The summed E-state index contributed by atoms with van der Waals surface area (Å²) in [6, 6.07) is 10.9. The number of phenolic OH excluding ortho intramolecular Hbond substituents is 1. The quantitative estimate of drug-likeness (QED) is 0.872. The molecule has 0 saturated carbocycles. The fourth-order valence-corrected chi connectivity index (χ4v) is 2.57. The minimum atomic E-state index is -0.0624. The van der Waals surface area contributed by atoms with Crippen molar-refractivity contribution in [3.05, 3.63) is 57.6 Å². The molecular weight excluding hydrogens is 306 g/mol. The van der Waals surface area contributed by atoms with E-state index in [9.17, 15) is 9.90 Å². The average Bonchev–Trinajstić information content (AvgIpc) is 2.72. The number of carbonyl (C=O) groups is 1. The highest BCUT2D eigenvalue weighted by atomic mass is 79.9. The highest BCUT2D eigenvalue weighted by molar-refractivity contribution is 9.10. The molecule has 0 bridgehead atoms. The monoisotopic (exact) mass is 317 g/mol. The van der Waals surface area contributed by atoms with Crippen molar-refractivity contribution in [3.63, 3.8) is 0 Å². The van der Waals surface area contributed by atoms with Crippen LogP contribution in [0.1, 0.15) is 21.5 Å². The van der Waals surface area contributed by atoms with Gasteiger partial charge in [0.1, 0.15) is 5.75 Å². The molecule has 2 aromatic rings. The van der Waals surface area contributed by atoms with E-state index in [0.29, 0.717) is 17.7 Å². The Bertz CT molecular complexity index is 682. The van der Waals surface area contributed by atoms with Crippen LogP contribution in [0, 0.1) is 6.92 Å². The van der Waals surface area contributed by atoms with Gasteiger partial charge in [0.05, 0.1) is 6.54 Å². The predicted molar refractivity (Wildman–Crippen MR) is 77.5 cm³/mol. The van der Waals surface area contributed by atoms with Gasteiger partial charge >= 0.3 is 0 Å². The number of fused-ring (bicyclic) bond motifs is 1. The molecule has 0 spiro atoms. The number of phenols is 1. The van der Waals surface area contributed by atoms with E-state index in [0.717, 1.165) is 15.7 Å². The van der Waals surface area contributed by atoms with E-state index in [1.165, 1.54) is 0 Å². The second-order valence-electron chi connectivity index (χ2n) is 4.63. The van der Waals surface area contributed by atoms with Crippen molar-refractivity contribution in [1.29, 1.82) is 0 Å². The van der Waals surface area contributed by atoms with E-state index in [4.69, 9.17) is 0 Å². The van der Waals surface area contributed by atoms with Crippen molar-refractivity contribution in [2.24, 2.45) is 0 Å². The summed E-state index contributed by atoms with van der Waals surface area (Å²) in [5.74, 6) is 0.120. The van der Waals surface area contributed by atoms with Crippen LogP contribution in [0.5, 0.6) is 5.75 Å². The van der Waals surface area contributed by atoms with Gasteiger partial charge in [-0.05, 0) is 42.8 Å². The molecule has 19 heavy (non-hydrogen) atoms. The van der Waals surface area contributed by atoms with Crippen molar-refractivity contribution >= 4 is 27.5 Å². The lowest BCUT2D eigenvalue weighted by Crippen LogP contribution is -2.22. The van der Waals surface area contributed by atoms with E-state index < -0.39 is 0 Å². The molecule has 0 aromatic heterocycles. The number of rotatable bonds is 1. The summed E-state index contributed by atoms with van der Waals surface area (Å²) in [5, 5.41) is 9.83. The molecule has 0 saturated heterocycles. The molecule has 1 aliphatic rings. The summed E-state index contributed by atoms with van der Waals surface area (Å²) < 4.78 is 1.02. The molecular formula is C15H12BrNO2. The maximum absolute atomic E-state index is 12.3. The Kier molecular flexibility index (Phi) is 2.82. The van der Waals surface area contributed by atoms with E-state index in [1.54, 1.807) is 23.1 Å². The number of anilines is 1. The number of aromatic hydroxyl groups is 1. The zero-order chi connectivity index (χ0) is 13.6. The molecule has 0 aliphatic carbocycles. The smallest absolute Gasteiger partial charge is 0.259 e. The number of aryl methyl sites for hydroxylation is 1. The Labute approximate surface area is 119 Å². The molecule has 1 heterocycles. The van der Waals surface area contributed by atoms with Gasteiger partial charge in [0.25, 0.3) is 5.91 Å². The predicted octanol–water partition coefficient (Wildman–Crippen LogP) is 3.62. The van der Waals surface area contributed by atoms with E-state index in [2.05, 4.69) is 15.9 Å². The fourth-order valence-electron chi connectivity index (χ4n) is 2.32. The van der Waals surface area contributed by atoms with Crippen molar-refractivity contribution in [2.75, 3.05) is 4.90 Å². The highest BCUT2D eigenvalue weighted by Gasteiger charge is 2.30. The Morgan fingerprint density at radius 1 is 1.26 bits per heavy atom. The molecule has 0 unspecified atom stereocenters. The first-order valence-corrected chi connectivity index (χ1v) is 6.76. The van der Waals surface area contributed by atoms with E-state index in [1.807, 2.05) is 25.1 Å². The largest absolute Gasteiger partial charge is 0.508 e. The van der Waals surface area contributed by atoms with Gasteiger partial charge in [-0.25, -0.2) is 0 Å². The summed E-state index contributed by atoms with van der Waals surface area (Å²) in [6.45, 7) is 2.40. The minimum absolute atomic E-state index is 0.0624. The number of amides is 1. The first kappa shape index (κ1) is 12.2. The summed E-state index contributed by atoms with van der Waals surface area (Å²) in [5.41, 5.74) is 3.21. The molecule has 1 N–H and O–H groups in total. The molecule has 0 radical (unpaired) electrons. The van der Waals surface area contributed by atoms with Gasteiger partial charge in [-0.2, -0.15) is 0 Å². The Morgan fingerprint density at radius 2 is 2.05 bits per heavy atom. The SMILES string of the molecule is Cc1cc(N2Cc3c(O)cccc3C2=O)ccc1Br. The van der Waals surface area contributed by atoms with Crippen LogP contribution in [-0.4, -0.2) is 11.0 Å². The summed E-state index contributed by atoms with van der Waals surface area (Å²) >= 11 is 3.45. The Balaban J connectivity index is 2.04. The van der Waals surface area contributed by atoms with Crippen LogP contribution < -0.4 is 4.90 Å². The van der Waals surface area contributed by atoms with Crippen LogP contribution in [0.2, 0.25) is 0 Å². The summed E-state index contributed by atoms with van der Waals surface area (Å²) in [4.78, 5) is 14.0. The molecule has 4 heteroatoms. The Hall–Kier alpha value is -1.81. The maximum atomic E-state index is 12.3. The lowest BCUT2D eigenvalue weighted by Gasteiger charge is -2.16. The molecule has 96 valence electrons. The van der Waals surface area contributed by atoms with Crippen LogP contribution in [0.15, 0.2) is 40.9 Å². The van der Waals surface area contributed by atoms with Crippen LogP contribution in [-0.2, 0) is 6.54 Å². The number of hydrogen-bond acceptors (Lipinski definition) is 2.